The fraction of sp³-hybridized carbons (Fsp3) is 0.214. The molecule has 1 heterocycles. The Labute approximate surface area is 112 Å². The number of carbonyl (C=O) groups is 1. The van der Waals surface area contributed by atoms with Crippen molar-refractivity contribution in [2.75, 3.05) is 13.1 Å². The van der Waals surface area contributed by atoms with E-state index in [0.717, 1.165) is 5.56 Å². The summed E-state index contributed by atoms with van der Waals surface area (Å²) in [6.45, 7) is 1.48. The summed E-state index contributed by atoms with van der Waals surface area (Å²) in [5.74, 6) is -0.0794. The van der Waals surface area contributed by atoms with Gasteiger partial charge in [-0.25, -0.2) is 0 Å². The second kappa shape index (κ2) is 6.61. The molecule has 0 saturated carbocycles. The maximum Gasteiger partial charge on any atom is 0.255 e. The molecule has 5 heteroatoms. The number of nitrogens with zero attached hydrogens (tertiary/aromatic N) is 3. The Bertz CT molecular complexity index is 515. The summed E-state index contributed by atoms with van der Waals surface area (Å²) in [6.07, 6.45) is 2.98. The highest BCUT2D eigenvalue weighted by molar-refractivity contribution is 5.93. The van der Waals surface area contributed by atoms with E-state index in [1.54, 1.807) is 11.0 Å². The molecule has 0 atom stereocenters. The topological polar surface area (TPSA) is 72.1 Å². The molecular weight excluding hydrogens is 240 g/mol. The van der Waals surface area contributed by atoms with Crippen molar-refractivity contribution in [2.24, 2.45) is 5.73 Å². The van der Waals surface area contributed by atoms with Crippen molar-refractivity contribution in [2.45, 2.75) is 6.54 Å². The Balaban J connectivity index is 2.14. The molecule has 19 heavy (non-hydrogen) atoms. The quantitative estimate of drug-likeness (QED) is 0.868. The molecule has 2 rings (SSSR count). The summed E-state index contributed by atoms with van der Waals surface area (Å²) in [6, 6.07) is 11.5. The lowest BCUT2D eigenvalue weighted by Crippen LogP contribution is -2.35. The molecule has 2 N–H and O–H groups in total. The summed E-state index contributed by atoms with van der Waals surface area (Å²) < 4.78 is 0. The van der Waals surface area contributed by atoms with Crippen LogP contribution in [0.3, 0.4) is 0 Å². The van der Waals surface area contributed by atoms with E-state index in [2.05, 4.69) is 10.2 Å². The van der Waals surface area contributed by atoms with Gasteiger partial charge in [0.25, 0.3) is 5.91 Å². The minimum atomic E-state index is -0.0794. The first-order chi connectivity index (χ1) is 9.31. The molecular formula is C14H16N4O. The second-order valence-electron chi connectivity index (χ2n) is 4.13. The van der Waals surface area contributed by atoms with E-state index in [1.165, 1.54) is 12.4 Å². The van der Waals surface area contributed by atoms with Crippen molar-refractivity contribution < 1.29 is 4.79 Å². The summed E-state index contributed by atoms with van der Waals surface area (Å²) in [4.78, 5) is 14.1. The first kappa shape index (κ1) is 13.2. The number of nitrogens with two attached hydrogens (primary N) is 1. The molecule has 1 aromatic carbocycles. The van der Waals surface area contributed by atoms with Crippen LogP contribution in [0.25, 0.3) is 0 Å². The van der Waals surface area contributed by atoms with Crippen LogP contribution in [0.4, 0.5) is 0 Å². The zero-order valence-electron chi connectivity index (χ0n) is 10.6. The van der Waals surface area contributed by atoms with Crippen molar-refractivity contribution >= 4 is 5.91 Å². The fourth-order valence-corrected chi connectivity index (χ4v) is 1.81. The summed E-state index contributed by atoms with van der Waals surface area (Å²) in [7, 11) is 0. The molecule has 0 aliphatic carbocycles. The predicted molar refractivity (Wildman–Crippen MR) is 72.3 cm³/mol. The van der Waals surface area contributed by atoms with Gasteiger partial charge in [0.2, 0.25) is 0 Å². The fourth-order valence-electron chi connectivity index (χ4n) is 1.81. The van der Waals surface area contributed by atoms with Gasteiger partial charge in [-0.1, -0.05) is 30.3 Å². The molecule has 0 radical (unpaired) electrons. The van der Waals surface area contributed by atoms with Crippen LogP contribution < -0.4 is 5.73 Å². The van der Waals surface area contributed by atoms with E-state index in [-0.39, 0.29) is 5.91 Å². The molecule has 0 fully saturated rings. The molecule has 0 saturated heterocycles. The Hall–Kier alpha value is -2.27. The Morgan fingerprint density at radius 2 is 1.95 bits per heavy atom. The lowest BCUT2D eigenvalue weighted by molar-refractivity contribution is 0.0747. The molecule has 0 aliphatic heterocycles. The van der Waals surface area contributed by atoms with E-state index < -0.39 is 0 Å². The van der Waals surface area contributed by atoms with Gasteiger partial charge in [0.05, 0.1) is 18.0 Å². The molecule has 0 unspecified atom stereocenters. The highest BCUT2D eigenvalue weighted by atomic mass is 16.2. The number of aromatic nitrogens is 2. The van der Waals surface area contributed by atoms with Crippen LogP contribution in [-0.2, 0) is 6.54 Å². The first-order valence-corrected chi connectivity index (χ1v) is 6.11. The molecule has 2 aromatic rings. The first-order valence-electron chi connectivity index (χ1n) is 6.11. The van der Waals surface area contributed by atoms with Crippen LogP contribution in [0, 0.1) is 0 Å². The number of amides is 1. The van der Waals surface area contributed by atoms with Crippen molar-refractivity contribution in [1.82, 2.24) is 15.1 Å². The number of rotatable bonds is 5. The smallest absolute Gasteiger partial charge is 0.255 e. The summed E-state index contributed by atoms with van der Waals surface area (Å²) in [5, 5.41) is 7.40. The third-order valence-corrected chi connectivity index (χ3v) is 2.73. The van der Waals surface area contributed by atoms with E-state index in [0.29, 0.717) is 25.2 Å². The van der Waals surface area contributed by atoms with Gasteiger partial charge in [-0.15, -0.1) is 0 Å². The lowest BCUT2D eigenvalue weighted by atomic mass is 10.2. The van der Waals surface area contributed by atoms with Gasteiger partial charge < -0.3 is 10.6 Å². The highest BCUT2D eigenvalue weighted by Crippen LogP contribution is 2.08. The number of carbonyl (C=O) groups excluding carboxylic acids is 1. The Kier molecular flexibility index (Phi) is 4.58. The van der Waals surface area contributed by atoms with E-state index in [1.807, 2.05) is 30.3 Å². The molecule has 0 spiro atoms. The van der Waals surface area contributed by atoms with E-state index in [4.69, 9.17) is 5.73 Å². The third-order valence-electron chi connectivity index (χ3n) is 2.73. The van der Waals surface area contributed by atoms with Crippen LogP contribution in [-0.4, -0.2) is 34.1 Å². The Morgan fingerprint density at radius 3 is 2.58 bits per heavy atom. The third kappa shape index (κ3) is 3.59. The van der Waals surface area contributed by atoms with Gasteiger partial charge in [-0.3, -0.25) is 4.79 Å². The molecule has 5 nitrogen and oxygen atoms in total. The largest absolute Gasteiger partial charge is 0.333 e. The van der Waals surface area contributed by atoms with Crippen LogP contribution >= 0.6 is 0 Å². The summed E-state index contributed by atoms with van der Waals surface area (Å²) >= 11 is 0. The zero-order chi connectivity index (χ0) is 13.5. The van der Waals surface area contributed by atoms with Gasteiger partial charge in [0, 0.05) is 19.6 Å². The predicted octanol–water partition coefficient (Wildman–Crippen LogP) is 1.08. The van der Waals surface area contributed by atoms with Crippen LogP contribution in [0.15, 0.2) is 48.8 Å². The average molecular weight is 256 g/mol. The Morgan fingerprint density at radius 1 is 1.16 bits per heavy atom. The van der Waals surface area contributed by atoms with E-state index >= 15 is 0 Å². The number of hydrogen-bond acceptors (Lipinski definition) is 4. The van der Waals surface area contributed by atoms with Gasteiger partial charge >= 0.3 is 0 Å². The second-order valence-corrected chi connectivity index (χ2v) is 4.13. The van der Waals surface area contributed by atoms with Crippen molar-refractivity contribution in [3.63, 3.8) is 0 Å². The standard InChI is InChI=1S/C14H16N4O/c15-7-9-18(11-12-4-2-1-3-5-12)14(19)13-6-8-16-17-10-13/h1-6,8,10H,7,9,11,15H2. The molecule has 0 bridgehead atoms. The molecule has 98 valence electrons. The van der Waals surface area contributed by atoms with Gasteiger partial charge in [-0.2, -0.15) is 10.2 Å². The van der Waals surface area contributed by atoms with Crippen molar-refractivity contribution in [3.05, 3.63) is 59.9 Å². The normalized spacial score (nSPS) is 10.2. The highest BCUT2D eigenvalue weighted by Gasteiger charge is 2.15. The molecule has 1 amide bonds. The van der Waals surface area contributed by atoms with Crippen LogP contribution in [0.1, 0.15) is 15.9 Å². The number of benzene rings is 1. The number of hydrogen-bond donors (Lipinski definition) is 1. The van der Waals surface area contributed by atoms with E-state index in [9.17, 15) is 4.79 Å². The zero-order valence-corrected chi connectivity index (χ0v) is 10.6. The van der Waals surface area contributed by atoms with Gasteiger partial charge in [-0.05, 0) is 11.6 Å². The maximum atomic E-state index is 12.3. The average Bonchev–Trinajstić information content (AvgIpc) is 2.48. The van der Waals surface area contributed by atoms with Crippen LogP contribution in [0.2, 0.25) is 0 Å². The van der Waals surface area contributed by atoms with Crippen LogP contribution in [0.5, 0.6) is 0 Å². The summed E-state index contributed by atoms with van der Waals surface area (Å²) in [5.41, 5.74) is 7.18. The van der Waals surface area contributed by atoms with Crippen molar-refractivity contribution in [1.29, 1.82) is 0 Å². The molecule has 1 aromatic heterocycles. The van der Waals surface area contributed by atoms with Gasteiger partial charge in [0.1, 0.15) is 0 Å². The minimum absolute atomic E-state index is 0.0794. The monoisotopic (exact) mass is 256 g/mol. The van der Waals surface area contributed by atoms with Crippen molar-refractivity contribution in [3.8, 4) is 0 Å². The maximum absolute atomic E-state index is 12.3. The van der Waals surface area contributed by atoms with Gasteiger partial charge in [0.15, 0.2) is 0 Å². The minimum Gasteiger partial charge on any atom is -0.333 e. The lowest BCUT2D eigenvalue weighted by Gasteiger charge is -2.22. The SMILES string of the molecule is NCCN(Cc1ccccc1)C(=O)c1ccnnc1. The molecule has 0 aliphatic rings.